The number of halogens is 1. The number of aromatic amines is 1. The third-order valence-corrected chi connectivity index (χ3v) is 2.48. The van der Waals surface area contributed by atoms with Gasteiger partial charge in [0, 0.05) is 15.4 Å². The van der Waals surface area contributed by atoms with E-state index in [1.54, 1.807) is 6.07 Å². The minimum atomic E-state index is -0.350. The molecule has 0 radical (unpaired) electrons. The number of fused-ring (bicyclic) bond motifs is 1. The molecule has 0 fully saturated rings. The number of hydrogen-bond donors (Lipinski definition) is 1. The zero-order valence-electron chi connectivity index (χ0n) is 7.50. The van der Waals surface area contributed by atoms with E-state index in [0.717, 1.165) is 15.4 Å². The largest absolute Gasteiger partial charge is 0.464 e. The standard InChI is InChI=1S/C10H8BrNO2/c1-14-10(13)9-4-6-2-3-7(11)5-8(6)12-9/h2-5,12H,1H3. The first-order chi connectivity index (χ1) is 6.70. The van der Waals surface area contributed by atoms with E-state index in [9.17, 15) is 4.79 Å². The molecule has 0 bridgehead atoms. The average Bonchev–Trinajstić information content (AvgIpc) is 2.59. The number of rotatable bonds is 1. The highest BCUT2D eigenvalue weighted by Gasteiger charge is 2.08. The highest BCUT2D eigenvalue weighted by molar-refractivity contribution is 9.10. The van der Waals surface area contributed by atoms with Crippen LogP contribution >= 0.6 is 15.9 Å². The van der Waals surface area contributed by atoms with Gasteiger partial charge in [0.1, 0.15) is 5.69 Å². The lowest BCUT2D eigenvalue weighted by Gasteiger charge is -1.92. The van der Waals surface area contributed by atoms with Gasteiger partial charge in [-0.2, -0.15) is 0 Å². The average molecular weight is 254 g/mol. The van der Waals surface area contributed by atoms with Crippen molar-refractivity contribution in [2.24, 2.45) is 0 Å². The molecule has 2 aromatic rings. The van der Waals surface area contributed by atoms with Crippen LogP contribution in [0.5, 0.6) is 0 Å². The van der Waals surface area contributed by atoms with Crippen LogP contribution in [0.4, 0.5) is 0 Å². The Kier molecular flexibility index (Phi) is 2.29. The van der Waals surface area contributed by atoms with Crippen molar-refractivity contribution in [1.29, 1.82) is 0 Å². The minimum absolute atomic E-state index is 0.350. The predicted octanol–water partition coefficient (Wildman–Crippen LogP) is 2.72. The van der Waals surface area contributed by atoms with E-state index in [-0.39, 0.29) is 5.97 Å². The lowest BCUT2D eigenvalue weighted by molar-refractivity contribution is 0.0595. The number of methoxy groups -OCH3 is 1. The molecule has 0 saturated carbocycles. The Morgan fingerprint density at radius 1 is 1.43 bits per heavy atom. The summed E-state index contributed by atoms with van der Waals surface area (Å²) in [6.45, 7) is 0. The van der Waals surface area contributed by atoms with Crippen LogP contribution in [0.15, 0.2) is 28.7 Å². The Morgan fingerprint density at radius 3 is 2.93 bits per heavy atom. The van der Waals surface area contributed by atoms with Crippen LogP contribution in [0.1, 0.15) is 10.5 Å². The van der Waals surface area contributed by atoms with Gasteiger partial charge in [-0.05, 0) is 18.2 Å². The molecular formula is C10H8BrNO2. The van der Waals surface area contributed by atoms with Crippen molar-refractivity contribution in [2.75, 3.05) is 7.11 Å². The fourth-order valence-corrected chi connectivity index (χ4v) is 1.68. The Morgan fingerprint density at radius 2 is 2.21 bits per heavy atom. The van der Waals surface area contributed by atoms with Crippen molar-refractivity contribution in [2.45, 2.75) is 0 Å². The van der Waals surface area contributed by atoms with E-state index >= 15 is 0 Å². The van der Waals surface area contributed by atoms with Crippen LogP contribution in [-0.2, 0) is 4.74 Å². The molecule has 2 rings (SSSR count). The normalized spacial score (nSPS) is 10.4. The first kappa shape index (κ1) is 9.27. The van der Waals surface area contributed by atoms with E-state index < -0.39 is 0 Å². The molecule has 0 aliphatic heterocycles. The van der Waals surface area contributed by atoms with Gasteiger partial charge in [0.2, 0.25) is 0 Å². The lowest BCUT2D eigenvalue weighted by atomic mass is 10.2. The van der Waals surface area contributed by atoms with Crippen molar-refractivity contribution in [3.05, 3.63) is 34.4 Å². The fourth-order valence-electron chi connectivity index (χ4n) is 1.32. The Bertz CT molecular complexity index is 490. The third-order valence-electron chi connectivity index (χ3n) is 1.99. The van der Waals surface area contributed by atoms with Gasteiger partial charge in [0.05, 0.1) is 7.11 Å². The van der Waals surface area contributed by atoms with Crippen LogP contribution in [0, 0.1) is 0 Å². The summed E-state index contributed by atoms with van der Waals surface area (Å²) in [6, 6.07) is 7.55. The van der Waals surface area contributed by atoms with Crippen molar-refractivity contribution in [3.8, 4) is 0 Å². The van der Waals surface area contributed by atoms with Crippen LogP contribution in [0.2, 0.25) is 0 Å². The Balaban J connectivity index is 2.56. The van der Waals surface area contributed by atoms with Gasteiger partial charge in [-0.1, -0.05) is 22.0 Å². The van der Waals surface area contributed by atoms with Gasteiger partial charge in [-0.3, -0.25) is 0 Å². The summed E-state index contributed by atoms with van der Waals surface area (Å²) < 4.78 is 5.59. The number of nitrogens with one attached hydrogen (secondary N) is 1. The number of carbonyl (C=O) groups excluding carboxylic acids is 1. The van der Waals surface area contributed by atoms with Crippen LogP contribution < -0.4 is 0 Å². The molecule has 1 heterocycles. The summed E-state index contributed by atoms with van der Waals surface area (Å²) in [5.74, 6) is -0.350. The number of carbonyl (C=O) groups is 1. The van der Waals surface area contributed by atoms with Gasteiger partial charge in [0.15, 0.2) is 0 Å². The number of benzene rings is 1. The maximum atomic E-state index is 11.2. The maximum absolute atomic E-state index is 11.2. The summed E-state index contributed by atoms with van der Waals surface area (Å²) in [7, 11) is 1.36. The molecule has 4 heteroatoms. The molecule has 1 N–H and O–H groups in total. The van der Waals surface area contributed by atoms with Crippen molar-refractivity contribution in [3.63, 3.8) is 0 Å². The third kappa shape index (κ3) is 1.53. The fraction of sp³-hybridized carbons (Fsp3) is 0.100. The molecule has 72 valence electrons. The molecule has 0 aliphatic rings. The number of H-pyrrole nitrogens is 1. The molecular weight excluding hydrogens is 246 g/mol. The van der Waals surface area contributed by atoms with Gasteiger partial charge >= 0.3 is 5.97 Å². The Hall–Kier alpha value is -1.29. The summed E-state index contributed by atoms with van der Waals surface area (Å²) in [5, 5.41) is 0.994. The van der Waals surface area contributed by atoms with Gasteiger partial charge in [-0.15, -0.1) is 0 Å². The smallest absolute Gasteiger partial charge is 0.354 e. The highest BCUT2D eigenvalue weighted by Crippen LogP contribution is 2.20. The van der Waals surface area contributed by atoms with E-state index in [2.05, 4.69) is 25.7 Å². The topological polar surface area (TPSA) is 42.1 Å². The monoisotopic (exact) mass is 253 g/mol. The van der Waals surface area contributed by atoms with E-state index in [1.807, 2.05) is 18.2 Å². The summed E-state index contributed by atoms with van der Waals surface area (Å²) in [5.41, 5.74) is 1.39. The summed E-state index contributed by atoms with van der Waals surface area (Å²) in [4.78, 5) is 14.2. The molecule has 0 saturated heterocycles. The molecule has 1 aromatic carbocycles. The van der Waals surface area contributed by atoms with E-state index in [4.69, 9.17) is 0 Å². The molecule has 0 atom stereocenters. The molecule has 14 heavy (non-hydrogen) atoms. The number of esters is 1. The van der Waals surface area contributed by atoms with Crippen molar-refractivity contribution in [1.82, 2.24) is 4.98 Å². The summed E-state index contributed by atoms with van der Waals surface area (Å²) in [6.07, 6.45) is 0. The minimum Gasteiger partial charge on any atom is -0.464 e. The second kappa shape index (κ2) is 3.46. The van der Waals surface area contributed by atoms with Crippen LogP contribution in [0.3, 0.4) is 0 Å². The van der Waals surface area contributed by atoms with Gasteiger partial charge in [-0.25, -0.2) is 4.79 Å². The number of aromatic nitrogens is 1. The van der Waals surface area contributed by atoms with Crippen LogP contribution in [0.25, 0.3) is 10.9 Å². The van der Waals surface area contributed by atoms with E-state index in [0.29, 0.717) is 5.69 Å². The molecule has 0 spiro atoms. The number of hydrogen-bond acceptors (Lipinski definition) is 2. The van der Waals surface area contributed by atoms with E-state index in [1.165, 1.54) is 7.11 Å². The molecule has 0 amide bonds. The second-order valence-electron chi connectivity index (χ2n) is 2.91. The first-order valence-corrected chi connectivity index (χ1v) is 4.86. The highest BCUT2D eigenvalue weighted by atomic mass is 79.9. The zero-order chi connectivity index (χ0) is 10.1. The summed E-state index contributed by atoms with van der Waals surface area (Å²) >= 11 is 3.36. The molecule has 0 unspecified atom stereocenters. The van der Waals surface area contributed by atoms with Crippen molar-refractivity contribution < 1.29 is 9.53 Å². The second-order valence-corrected chi connectivity index (χ2v) is 3.82. The van der Waals surface area contributed by atoms with Crippen molar-refractivity contribution >= 4 is 32.8 Å². The SMILES string of the molecule is COC(=O)c1cc2ccc(Br)cc2[nH]1. The maximum Gasteiger partial charge on any atom is 0.354 e. The van der Waals surface area contributed by atoms with Gasteiger partial charge in [0.25, 0.3) is 0 Å². The Labute approximate surface area is 89.2 Å². The van der Waals surface area contributed by atoms with Crippen LogP contribution in [-0.4, -0.2) is 18.1 Å². The lowest BCUT2D eigenvalue weighted by Crippen LogP contribution is -2.00. The predicted molar refractivity (Wildman–Crippen MR) is 57.3 cm³/mol. The molecule has 0 aliphatic carbocycles. The zero-order valence-corrected chi connectivity index (χ0v) is 9.09. The van der Waals surface area contributed by atoms with Gasteiger partial charge < -0.3 is 9.72 Å². The number of ether oxygens (including phenoxy) is 1. The first-order valence-electron chi connectivity index (χ1n) is 4.07. The molecule has 1 aromatic heterocycles. The molecule has 3 nitrogen and oxygen atoms in total. The quantitative estimate of drug-likeness (QED) is 0.795.